The minimum atomic E-state index is -0.695. The molecule has 0 saturated heterocycles. The van der Waals surface area contributed by atoms with Crippen molar-refractivity contribution < 1.29 is 33.5 Å². The molecule has 10 nitrogen and oxygen atoms in total. The molecule has 0 aliphatic rings. The summed E-state index contributed by atoms with van der Waals surface area (Å²) in [5.74, 6) is 0.187. The highest BCUT2D eigenvalue weighted by Crippen LogP contribution is 2.29. The third-order valence-electron chi connectivity index (χ3n) is 4.07. The molecular formula is C20H22N2O8. The Morgan fingerprint density at radius 1 is 0.967 bits per heavy atom. The second-order valence-electron chi connectivity index (χ2n) is 6.07. The molecule has 10 heteroatoms. The summed E-state index contributed by atoms with van der Waals surface area (Å²) in [6.45, 7) is -0.566. The molecule has 2 rings (SSSR count). The topological polar surface area (TPSA) is 126 Å². The molecule has 0 aliphatic heterocycles. The van der Waals surface area contributed by atoms with Gasteiger partial charge in [0.15, 0.2) is 6.61 Å². The first-order valence-corrected chi connectivity index (χ1v) is 8.86. The number of nitro benzene ring substituents is 1. The van der Waals surface area contributed by atoms with Gasteiger partial charge in [0.2, 0.25) is 0 Å². The molecule has 0 saturated carbocycles. The molecule has 2 aromatic carbocycles. The maximum absolute atomic E-state index is 12.0. The van der Waals surface area contributed by atoms with Crippen molar-refractivity contribution in [3.63, 3.8) is 0 Å². The number of nitro groups is 1. The fourth-order valence-corrected chi connectivity index (χ4v) is 2.56. The predicted octanol–water partition coefficient (Wildman–Crippen LogP) is 2.74. The Labute approximate surface area is 172 Å². The summed E-state index contributed by atoms with van der Waals surface area (Å²) < 4.78 is 20.2. The van der Waals surface area contributed by atoms with Gasteiger partial charge in [-0.15, -0.1) is 0 Å². The second-order valence-corrected chi connectivity index (χ2v) is 6.07. The van der Waals surface area contributed by atoms with E-state index in [0.717, 1.165) is 5.56 Å². The summed E-state index contributed by atoms with van der Waals surface area (Å²) in [5, 5.41) is 13.5. The number of carbonyl (C=O) groups is 2. The van der Waals surface area contributed by atoms with Crippen LogP contribution in [0.3, 0.4) is 0 Å². The van der Waals surface area contributed by atoms with Crippen molar-refractivity contribution in [3.8, 4) is 17.2 Å². The predicted molar refractivity (Wildman–Crippen MR) is 107 cm³/mol. The quantitative estimate of drug-likeness (QED) is 0.355. The molecule has 2 aromatic rings. The van der Waals surface area contributed by atoms with Crippen molar-refractivity contribution in [1.82, 2.24) is 0 Å². The van der Waals surface area contributed by atoms with Crippen LogP contribution in [0.1, 0.15) is 12.0 Å². The fourth-order valence-electron chi connectivity index (χ4n) is 2.56. The van der Waals surface area contributed by atoms with Gasteiger partial charge in [0, 0.05) is 12.5 Å². The third kappa shape index (κ3) is 6.36. The zero-order chi connectivity index (χ0) is 22.1. The molecule has 30 heavy (non-hydrogen) atoms. The molecule has 0 radical (unpaired) electrons. The zero-order valence-corrected chi connectivity index (χ0v) is 16.8. The van der Waals surface area contributed by atoms with Crippen LogP contribution in [0.25, 0.3) is 0 Å². The number of benzene rings is 2. The number of anilines is 1. The van der Waals surface area contributed by atoms with Gasteiger partial charge in [-0.25, -0.2) is 0 Å². The average molecular weight is 418 g/mol. The van der Waals surface area contributed by atoms with E-state index in [0.29, 0.717) is 17.9 Å². The third-order valence-corrected chi connectivity index (χ3v) is 4.07. The van der Waals surface area contributed by atoms with Crippen molar-refractivity contribution >= 4 is 23.3 Å². The summed E-state index contributed by atoms with van der Waals surface area (Å²) in [5.41, 5.74) is 0.452. The average Bonchev–Trinajstić information content (AvgIpc) is 2.75. The maximum Gasteiger partial charge on any atom is 0.306 e. The van der Waals surface area contributed by atoms with E-state index in [4.69, 9.17) is 18.9 Å². The number of rotatable bonds is 10. The Kier molecular flexibility index (Phi) is 7.98. The number of esters is 1. The highest BCUT2D eigenvalue weighted by Gasteiger charge is 2.18. The molecule has 0 aromatic heterocycles. The van der Waals surface area contributed by atoms with E-state index >= 15 is 0 Å². The van der Waals surface area contributed by atoms with Crippen LogP contribution in [0, 0.1) is 10.1 Å². The van der Waals surface area contributed by atoms with Crippen molar-refractivity contribution in [1.29, 1.82) is 0 Å². The summed E-state index contributed by atoms with van der Waals surface area (Å²) in [6.07, 6.45) is 0.393. The summed E-state index contributed by atoms with van der Waals surface area (Å²) in [6, 6.07) is 9.25. The molecule has 1 amide bonds. The van der Waals surface area contributed by atoms with Gasteiger partial charge in [-0.3, -0.25) is 19.7 Å². The first-order valence-electron chi connectivity index (χ1n) is 8.86. The minimum Gasteiger partial charge on any atom is -0.497 e. The molecular weight excluding hydrogens is 396 g/mol. The highest BCUT2D eigenvalue weighted by atomic mass is 16.6. The van der Waals surface area contributed by atoms with Gasteiger partial charge in [-0.05, 0) is 36.2 Å². The van der Waals surface area contributed by atoms with E-state index in [1.807, 2.05) is 0 Å². The maximum atomic E-state index is 12.0. The van der Waals surface area contributed by atoms with E-state index in [-0.39, 0.29) is 23.5 Å². The number of carbonyl (C=O) groups excluding carboxylic acids is 2. The molecule has 0 aliphatic carbocycles. The molecule has 0 unspecified atom stereocenters. The summed E-state index contributed by atoms with van der Waals surface area (Å²) >= 11 is 0. The van der Waals surface area contributed by atoms with Crippen LogP contribution in [0.4, 0.5) is 11.4 Å². The Morgan fingerprint density at radius 2 is 1.60 bits per heavy atom. The number of hydrogen-bond acceptors (Lipinski definition) is 8. The van der Waals surface area contributed by atoms with Crippen LogP contribution in [0.2, 0.25) is 0 Å². The number of ether oxygens (including phenoxy) is 4. The van der Waals surface area contributed by atoms with E-state index < -0.39 is 23.4 Å². The Bertz CT molecular complexity index is 907. The van der Waals surface area contributed by atoms with Crippen molar-refractivity contribution in [2.24, 2.45) is 0 Å². The van der Waals surface area contributed by atoms with Crippen LogP contribution in [0.5, 0.6) is 17.2 Å². The number of amides is 1. The molecule has 0 spiro atoms. The van der Waals surface area contributed by atoms with E-state index in [1.165, 1.54) is 39.5 Å². The Hall–Kier alpha value is -3.82. The van der Waals surface area contributed by atoms with Gasteiger partial charge in [-0.1, -0.05) is 0 Å². The number of methoxy groups -OCH3 is 3. The minimum absolute atomic E-state index is 0.0228. The van der Waals surface area contributed by atoms with Crippen LogP contribution >= 0.6 is 0 Å². The van der Waals surface area contributed by atoms with E-state index in [2.05, 4.69) is 5.32 Å². The Morgan fingerprint density at radius 3 is 2.17 bits per heavy atom. The second kappa shape index (κ2) is 10.6. The van der Waals surface area contributed by atoms with Gasteiger partial charge in [0.25, 0.3) is 11.6 Å². The highest BCUT2D eigenvalue weighted by molar-refractivity contribution is 5.95. The SMILES string of the molecule is COc1cc(CCC(=O)OCC(=O)Nc2ccc(OC)cc2[N+](=O)[O-])cc(OC)c1. The monoisotopic (exact) mass is 418 g/mol. The molecule has 0 heterocycles. The van der Waals surface area contributed by atoms with Crippen LogP contribution < -0.4 is 19.5 Å². The van der Waals surface area contributed by atoms with Gasteiger partial charge in [0.05, 0.1) is 32.3 Å². The van der Waals surface area contributed by atoms with Crippen molar-refractivity contribution in [3.05, 3.63) is 52.1 Å². The molecule has 0 atom stereocenters. The van der Waals surface area contributed by atoms with Crippen molar-refractivity contribution in [2.75, 3.05) is 33.3 Å². The molecule has 160 valence electrons. The molecule has 0 bridgehead atoms. The van der Waals surface area contributed by atoms with Crippen molar-refractivity contribution in [2.45, 2.75) is 12.8 Å². The van der Waals surface area contributed by atoms with E-state index in [1.54, 1.807) is 18.2 Å². The number of nitrogens with one attached hydrogen (secondary N) is 1. The lowest BCUT2D eigenvalue weighted by Crippen LogP contribution is -2.21. The fraction of sp³-hybridized carbons (Fsp3) is 0.300. The number of nitrogens with zero attached hydrogens (tertiary/aromatic N) is 1. The number of aryl methyl sites for hydroxylation is 1. The van der Waals surface area contributed by atoms with Crippen LogP contribution in [0.15, 0.2) is 36.4 Å². The van der Waals surface area contributed by atoms with Gasteiger partial charge in [-0.2, -0.15) is 0 Å². The van der Waals surface area contributed by atoms with Crippen LogP contribution in [-0.4, -0.2) is 44.7 Å². The molecule has 0 fully saturated rings. The normalized spacial score (nSPS) is 10.1. The zero-order valence-electron chi connectivity index (χ0n) is 16.8. The number of hydrogen-bond donors (Lipinski definition) is 1. The van der Waals surface area contributed by atoms with Crippen LogP contribution in [-0.2, 0) is 20.7 Å². The first kappa shape index (κ1) is 22.5. The van der Waals surface area contributed by atoms with Gasteiger partial charge < -0.3 is 24.3 Å². The summed E-state index contributed by atoms with van der Waals surface area (Å²) in [4.78, 5) is 34.5. The largest absolute Gasteiger partial charge is 0.497 e. The lowest BCUT2D eigenvalue weighted by molar-refractivity contribution is -0.384. The van der Waals surface area contributed by atoms with Gasteiger partial charge in [0.1, 0.15) is 22.9 Å². The first-order chi connectivity index (χ1) is 14.4. The Balaban J connectivity index is 1.88. The standard InChI is InChI=1S/C20H22N2O8/c1-27-14-5-6-17(18(11-14)22(25)26)21-19(23)12-30-20(24)7-4-13-8-15(28-2)10-16(9-13)29-3/h5-6,8-11H,4,7,12H2,1-3H3,(H,21,23). The van der Waals surface area contributed by atoms with E-state index in [9.17, 15) is 19.7 Å². The smallest absolute Gasteiger partial charge is 0.306 e. The van der Waals surface area contributed by atoms with Gasteiger partial charge >= 0.3 is 5.97 Å². The lowest BCUT2D eigenvalue weighted by Gasteiger charge is -2.09. The lowest BCUT2D eigenvalue weighted by atomic mass is 10.1. The summed E-state index contributed by atoms with van der Waals surface area (Å²) in [7, 11) is 4.43. The molecule has 1 N–H and O–H groups in total.